The number of aryl methyl sites for hydroxylation is 1. The van der Waals surface area contributed by atoms with Gasteiger partial charge in [0.05, 0.1) is 24.8 Å². The van der Waals surface area contributed by atoms with E-state index in [1.54, 1.807) is 30.5 Å². The number of amides is 1. The van der Waals surface area contributed by atoms with Gasteiger partial charge in [0.1, 0.15) is 12.1 Å². The van der Waals surface area contributed by atoms with E-state index in [1.807, 2.05) is 36.7 Å². The molecule has 1 aromatic heterocycles. The lowest BCUT2D eigenvalue weighted by Crippen LogP contribution is -2.29. The van der Waals surface area contributed by atoms with Crippen molar-refractivity contribution in [3.8, 4) is 28.6 Å². The molecular formula is C32H31FN6O2. The second kappa shape index (κ2) is 10.9. The molecule has 1 unspecified atom stereocenters. The highest BCUT2D eigenvalue weighted by molar-refractivity contribution is 6.10. The van der Waals surface area contributed by atoms with Crippen molar-refractivity contribution in [2.75, 3.05) is 18.6 Å². The highest BCUT2D eigenvalue weighted by atomic mass is 19.1. The van der Waals surface area contributed by atoms with Crippen molar-refractivity contribution in [2.45, 2.75) is 44.8 Å². The Bertz CT molecular complexity index is 1690. The highest BCUT2D eigenvalue weighted by Crippen LogP contribution is 2.45. The molecule has 0 radical (unpaired) electrons. The molecule has 9 heteroatoms. The van der Waals surface area contributed by atoms with E-state index in [-0.39, 0.29) is 24.3 Å². The summed E-state index contributed by atoms with van der Waals surface area (Å²) in [5, 5.41) is 21.2. The number of nitrogens with zero attached hydrogens (tertiary/aromatic N) is 5. The first-order chi connectivity index (χ1) is 19.9. The second-order valence-electron chi connectivity index (χ2n) is 11.0. The third-order valence-corrected chi connectivity index (χ3v) is 7.83. The van der Waals surface area contributed by atoms with E-state index in [1.165, 1.54) is 6.07 Å². The molecule has 1 N–H and O–H groups in total. The quantitative estimate of drug-likeness (QED) is 0.303. The van der Waals surface area contributed by atoms with Crippen LogP contribution in [0.1, 0.15) is 58.3 Å². The number of benzene rings is 3. The number of methoxy groups -OCH3 is 1. The zero-order valence-corrected chi connectivity index (χ0v) is 23.3. The normalized spacial score (nSPS) is 15.2. The molecule has 2 aliphatic rings. The molecule has 1 fully saturated rings. The molecule has 208 valence electrons. The zero-order chi connectivity index (χ0) is 28.7. The fourth-order valence-corrected chi connectivity index (χ4v) is 5.51. The van der Waals surface area contributed by atoms with Gasteiger partial charge in [-0.2, -0.15) is 5.26 Å². The van der Waals surface area contributed by atoms with E-state index in [2.05, 4.69) is 33.7 Å². The van der Waals surface area contributed by atoms with Gasteiger partial charge in [-0.05, 0) is 84.3 Å². The molecule has 0 saturated heterocycles. The molecular weight excluding hydrogens is 519 g/mol. The average molecular weight is 551 g/mol. The van der Waals surface area contributed by atoms with Gasteiger partial charge in [-0.1, -0.05) is 12.1 Å². The Kier molecular flexibility index (Phi) is 7.12. The number of hydrogen-bond donors (Lipinski definition) is 1. The minimum absolute atomic E-state index is 0.0979. The number of hydrogen-bond acceptors (Lipinski definition) is 6. The van der Waals surface area contributed by atoms with Gasteiger partial charge in [0.15, 0.2) is 5.82 Å². The van der Waals surface area contributed by atoms with Gasteiger partial charge in [-0.25, -0.2) is 4.39 Å². The van der Waals surface area contributed by atoms with Crippen LogP contribution in [0, 0.1) is 17.1 Å². The number of halogens is 1. The first-order valence-corrected chi connectivity index (χ1v) is 13.8. The van der Waals surface area contributed by atoms with Crippen molar-refractivity contribution in [2.24, 2.45) is 7.05 Å². The van der Waals surface area contributed by atoms with Crippen LogP contribution in [-0.4, -0.2) is 40.4 Å². The standard InChI is InChI=1S/C32H31FN6O2/c1-19(17-41-3)35-15-21-9-28-29(30(33)10-21)16-39(32(28)40)25-12-23(22-5-6-22)11-24(13-25)26-7-4-20(14-34)8-27(26)31-37-36-18-38(31)2/h4,7-13,18-19,22,35H,5-6,15-17H2,1-3H3. The van der Waals surface area contributed by atoms with Crippen molar-refractivity contribution in [1.29, 1.82) is 5.26 Å². The Morgan fingerprint density at radius 2 is 1.98 bits per heavy atom. The number of carbonyl (C=O) groups excluding carboxylic acids is 1. The number of anilines is 1. The maximum absolute atomic E-state index is 15.3. The van der Waals surface area contributed by atoms with Crippen LogP contribution < -0.4 is 10.2 Å². The Labute approximate surface area is 238 Å². The van der Waals surface area contributed by atoms with Gasteiger partial charge in [0, 0.05) is 49.1 Å². The summed E-state index contributed by atoms with van der Waals surface area (Å²) in [4.78, 5) is 15.4. The molecule has 6 rings (SSSR count). The predicted octanol–water partition coefficient (Wildman–Crippen LogP) is 5.32. The Morgan fingerprint density at radius 1 is 1.15 bits per heavy atom. The summed E-state index contributed by atoms with van der Waals surface area (Å²) in [6.07, 6.45) is 3.81. The summed E-state index contributed by atoms with van der Waals surface area (Å²) >= 11 is 0. The van der Waals surface area contributed by atoms with E-state index >= 15 is 4.39 Å². The fraction of sp³-hybridized carbons (Fsp3) is 0.312. The van der Waals surface area contributed by atoms with Crippen LogP contribution in [0.4, 0.5) is 10.1 Å². The van der Waals surface area contributed by atoms with E-state index in [4.69, 9.17) is 4.74 Å². The minimum atomic E-state index is -0.371. The van der Waals surface area contributed by atoms with Gasteiger partial charge in [0.2, 0.25) is 0 Å². The van der Waals surface area contributed by atoms with Crippen LogP contribution in [0.15, 0.2) is 54.9 Å². The maximum Gasteiger partial charge on any atom is 0.259 e. The van der Waals surface area contributed by atoms with Gasteiger partial charge in [0.25, 0.3) is 5.91 Å². The first kappa shape index (κ1) is 26.8. The molecule has 3 aromatic carbocycles. The largest absolute Gasteiger partial charge is 0.383 e. The van der Waals surface area contributed by atoms with Crippen LogP contribution in [0.5, 0.6) is 0 Å². The maximum atomic E-state index is 15.3. The molecule has 2 heterocycles. The molecule has 4 aromatic rings. The summed E-state index contributed by atoms with van der Waals surface area (Å²) in [6, 6.07) is 17.3. The molecule has 41 heavy (non-hydrogen) atoms. The van der Waals surface area contributed by atoms with Crippen molar-refractivity contribution in [3.63, 3.8) is 0 Å². The molecule has 0 bridgehead atoms. The molecule has 1 amide bonds. The van der Waals surface area contributed by atoms with Crippen LogP contribution in [0.3, 0.4) is 0 Å². The Balaban J connectivity index is 1.38. The van der Waals surface area contributed by atoms with Crippen molar-refractivity contribution >= 4 is 11.6 Å². The van der Waals surface area contributed by atoms with Crippen molar-refractivity contribution < 1.29 is 13.9 Å². The molecule has 1 aliphatic carbocycles. The molecule has 1 aliphatic heterocycles. The van der Waals surface area contributed by atoms with Gasteiger partial charge >= 0.3 is 0 Å². The summed E-state index contributed by atoms with van der Waals surface area (Å²) in [5.74, 6) is 0.486. The van der Waals surface area contributed by atoms with Crippen molar-refractivity contribution in [3.05, 3.63) is 88.5 Å². The number of nitrogens with one attached hydrogen (secondary N) is 1. The number of carbonyl (C=O) groups is 1. The summed E-state index contributed by atoms with van der Waals surface area (Å²) in [6.45, 7) is 3.14. The zero-order valence-electron chi connectivity index (χ0n) is 23.3. The van der Waals surface area contributed by atoms with E-state index in [0.717, 1.165) is 46.3 Å². The molecule has 0 spiro atoms. The number of ether oxygens (including phenoxy) is 1. The smallest absolute Gasteiger partial charge is 0.259 e. The third-order valence-electron chi connectivity index (χ3n) is 7.83. The van der Waals surface area contributed by atoms with Crippen LogP contribution >= 0.6 is 0 Å². The van der Waals surface area contributed by atoms with E-state index in [9.17, 15) is 10.1 Å². The predicted molar refractivity (Wildman–Crippen MR) is 154 cm³/mol. The number of fused-ring (bicyclic) bond motifs is 1. The molecule has 8 nitrogen and oxygen atoms in total. The van der Waals surface area contributed by atoms with E-state index < -0.39 is 0 Å². The summed E-state index contributed by atoms with van der Waals surface area (Å²) in [7, 11) is 3.50. The van der Waals surface area contributed by atoms with Crippen LogP contribution in [0.25, 0.3) is 22.5 Å². The number of aromatic nitrogens is 3. The van der Waals surface area contributed by atoms with Crippen LogP contribution in [0.2, 0.25) is 0 Å². The number of rotatable bonds is 9. The van der Waals surface area contributed by atoms with Gasteiger partial charge in [-0.3, -0.25) is 4.79 Å². The van der Waals surface area contributed by atoms with Gasteiger partial charge < -0.3 is 19.5 Å². The van der Waals surface area contributed by atoms with E-state index in [0.29, 0.717) is 41.6 Å². The van der Waals surface area contributed by atoms with Crippen LogP contribution in [-0.2, 0) is 24.9 Å². The van der Waals surface area contributed by atoms with Gasteiger partial charge in [-0.15, -0.1) is 10.2 Å². The molecule has 1 atom stereocenters. The van der Waals surface area contributed by atoms with Crippen molar-refractivity contribution in [1.82, 2.24) is 20.1 Å². The Morgan fingerprint density at radius 3 is 2.68 bits per heavy atom. The summed E-state index contributed by atoms with van der Waals surface area (Å²) in [5.41, 5.74) is 6.51. The lowest BCUT2D eigenvalue weighted by molar-refractivity contribution is 0.0996. The Hall–Kier alpha value is -4.39. The SMILES string of the molecule is COCC(C)NCc1cc(F)c2c(c1)C(=O)N(c1cc(-c3ccc(C#N)cc3-c3nncn3C)cc(C3CC3)c1)C2. The summed E-state index contributed by atoms with van der Waals surface area (Å²) < 4.78 is 22.3. The lowest BCUT2D eigenvalue weighted by atomic mass is 9.94. The topological polar surface area (TPSA) is 96.1 Å². The first-order valence-electron chi connectivity index (χ1n) is 13.8. The molecule has 1 saturated carbocycles. The lowest BCUT2D eigenvalue weighted by Gasteiger charge is -2.20. The third kappa shape index (κ3) is 5.24. The average Bonchev–Trinajstić information content (AvgIpc) is 3.66. The monoisotopic (exact) mass is 550 g/mol. The fourth-order valence-electron chi connectivity index (χ4n) is 5.51. The number of nitriles is 1. The second-order valence-corrected chi connectivity index (χ2v) is 11.0. The highest BCUT2D eigenvalue weighted by Gasteiger charge is 2.33. The minimum Gasteiger partial charge on any atom is -0.383 e.